The van der Waals surface area contributed by atoms with E-state index in [0.29, 0.717) is 16.6 Å². The lowest BCUT2D eigenvalue weighted by Crippen LogP contribution is -2.41. The van der Waals surface area contributed by atoms with Crippen molar-refractivity contribution in [2.45, 2.75) is 38.8 Å². The molecule has 1 N–H and O–H groups in total. The number of hydrogen-bond acceptors (Lipinski definition) is 7. The molecule has 0 saturated carbocycles. The first-order valence-electron chi connectivity index (χ1n) is 6.37. The summed E-state index contributed by atoms with van der Waals surface area (Å²) in [6, 6.07) is 0. The molecule has 2 heterocycles. The number of esters is 1. The number of aromatic nitrogens is 1. The van der Waals surface area contributed by atoms with Crippen LogP contribution in [0.4, 0.5) is 5.13 Å². The molecule has 0 amide bonds. The van der Waals surface area contributed by atoms with Crippen LogP contribution >= 0.6 is 11.3 Å². The van der Waals surface area contributed by atoms with E-state index in [2.05, 4.69) is 15.0 Å². The summed E-state index contributed by atoms with van der Waals surface area (Å²) in [4.78, 5) is 27.8. The van der Waals surface area contributed by atoms with Gasteiger partial charge in [0.15, 0.2) is 16.6 Å². The average Bonchev–Trinajstić information content (AvgIpc) is 2.94. The zero-order chi connectivity index (χ0) is 14.9. The Labute approximate surface area is 121 Å². The SMILES string of the molecule is COC(=O)c1nc(NC2(C)CCOC2C)sc1C(C)=O. The molecule has 2 unspecified atom stereocenters. The maximum atomic E-state index is 11.7. The number of carbonyl (C=O) groups is 2. The van der Waals surface area contributed by atoms with Crippen LogP contribution in [0.25, 0.3) is 0 Å². The summed E-state index contributed by atoms with van der Waals surface area (Å²) < 4.78 is 10.2. The Morgan fingerprint density at radius 1 is 1.55 bits per heavy atom. The van der Waals surface area contributed by atoms with E-state index in [4.69, 9.17) is 4.74 Å². The number of nitrogens with zero attached hydrogens (tertiary/aromatic N) is 1. The highest BCUT2D eigenvalue weighted by atomic mass is 32.1. The Hall–Kier alpha value is -1.47. The molecule has 0 spiro atoms. The van der Waals surface area contributed by atoms with Crippen LogP contribution in [-0.2, 0) is 9.47 Å². The quantitative estimate of drug-likeness (QED) is 0.677. The van der Waals surface area contributed by atoms with E-state index in [0.717, 1.165) is 6.42 Å². The first kappa shape index (κ1) is 14.9. The summed E-state index contributed by atoms with van der Waals surface area (Å²) in [5.74, 6) is -0.794. The normalized spacial score (nSPS) is 25.5. The molecule has 0 radical (unpaired) electrons. The fourth-order valence-electron chi connectivity index (χ4n) is 2.09. The summed E-state index contributed by atoms with van der Waals surface area (Å²) in [6.07, 6.45) is 0.880. The second-order valence-electron chi connectivity index (χ2n) is 5.05. The first-order valence-corrected chi connectivity index (χ1v) is 7.19. The van der Waals surface area contributed by atoms with Crippen molar-refractivity contribution in [3.63, 3.8) is 0 Å². The zero-order valence-corrected chi connectivity index (χ0v) is 12.8. The van der Waals surface area contributed by atoms with Gasteiger partial charge >= 0.3 is 5.97 Å². The van der Waals surface area contributed by atoms with Gasteiger partial charge in [0.05, 0.1) is 18.8 Å². The van der Waals surface area contributed by atoms with Crippen molar-refractivity contribution in [1.29, 1.82) is 0 Å². The third-order valence-corrected chi connectivity index (χ3v) is 4.68. The first-order chi connectivity index (χ1) is 9.37. The van der Waals surface area contributed by atoms with Crippen LogP contribution in [0, 0.1) is 0 Å². The van der Waals surface area contributed by atoms with E-state index in [1.165, 1.54) is 25.4 Å². The lowest BCUT2D eigenvalue weighted by atomic mass is 9.95. The minimum absolute atomic E-state index is 0.0359. The second kappa shape index (κ2) is 5.49. The van der Waals surface area contributed by atoms with E-state index < -0.39 is 5.97 Å². The largest absolute Gasteiger partial charge is 0.464 e. The van der Waals surface area contributed by atoms with E-state index in [-0.39, 0.29) is 23.1 Å². The molecule has 6 nitrogen and oxygen atoms in total. The third kappa shape index (κ3) is 2.69. The lowest BCUT2D eigenvalue weighted by molar-refractivity contribution is 0.0591. The Bertz CT molecular complexity index is 542. The molecule has 110 valence electrons. The fraction of sp³-hybridized carbons (Fsp3) is 0.615. The van der Waals surface area contributed by atoms with Crippen molar-refractivity contribution < 1.29 is 19.1 Å². The van der Waals surface area contributed by atoms with Crippen LogP contribution in [-0.4, -0.2) is 42.1 Å². The molecule has 0 aliphatic carbocycles. The summed E-state index contributed by atoms with van der Waals surface area (Å²) in [5.41, 5.74) is -0.179. The summed E-state index contributed by atoms with van der Waals surface area (Å²) in [5, 5.41) is 3.82. The molecule has 1 aromatic heterocycles. The fourth-order valence-corrected chi connectivity index (χ4v) is 3.07. The molecule has 1 aliphatic heterocycles. The number of hydrogen-bond donors (Lipinski definition) is 1. The molecular formula is C13H18N2O4S. The Kier molecular flexibility index (Phi) is 4.10. The number of methoxy groups -OCH3 is 1. The number of nitrogens with one attached hydrogen (secondary N) is 1. The number of carbonyl (C=O) groups excluding carboxylic acids is 2. The topological polar surface area (TPSA) is 77.5 Å². The Morgan fingerprint density at radius 3 is 2.75 bits per heavy atom. The van der Waals surface area contributed by atoms with Crippen LogP contribution in [0.3, 0.4) is 0 Å². The number of ketones is 1. The molecule has 2 rings (SSSR count). The molecule has 1 fully saturated rings. The van der Waals surface area contributed by atoms with Crippen LogP contribution in [0.2, 0.25) is 0 Å². The highest BCUT2D eigenvalue weighted by Gasteiger charge is 2.38. The summed E-state index contributed by atoms with van der Waals surface area (Å²) in [7, 11) is 1.27. The van der Waals surface area contributed by atoms with E-state index in [9.17, 15) is 9.59 Å². The van der Waals surface area contributed by atoms with Gasteiger partial charge in [0.2, 0.25) is 0 Å². The van der Waals surface area contributed by atoms with E-state index >= 15 is 0 Å². The predicted molar refractivity (Wildman–Crippen MR) is 75.5 cm³/mol. The molecule has 0 bridgehead atoms. The van der Waals surface area contributed by atoms with Gasteiger partial charge in [-0.15, -0.1) is 0 Å². The smallest absolute Gasteiger partial charge is 0.358 e. The molecule has 20 heavy (non-hydrogen) atoms. The number of rotatable bonds is 4. The molecule has 7 heteroatoms. The average molecular weight is 298 g/mol. The summed E-state index contributed by atoms with van der Waals surface area (Å²) in [6.45, 7) is 6.12. The Morgan fingerprint density at radius 2 is 2.25 bits per heavy atom. The molecule has 1 aliphatic rings. The van der Waals surface area contributed by atoms with Crippen molar-refractivity contribution in [1.82, 2.24) is 4.98 Å². The van der Waals surface area contributed by atoms with Gasteiger partial charge in [-0.25, -0.2) is 9.78 Å². The van der Waals surface area contributed by atoms with Crippen LogP contribution < -0.4 is 5.32 Å². The maximum absolute atomic E-state index is 11.7. The Balaban J connectivity index is 2.29. The van der Waals surface area contributed by atoms with Crippen LogP contribution in [0.1, 0.15) is 47.4 Å². The van der Waals surface area contributed by atoms with Gasteiger partial charge in [0.1, 0.15) is 4.88 Å². The third-order valence-electron chi connectivity index (χ3n) is 3.60. The van der Waals surface area contributed by atoms with Crippen molar-refractivity contribution >= 4 is 28.2 Å². The highest BCUT2D eigenvalue weighted by molar-refractivity contribution is 7.17. The van der Waals surface area contributed by atoms with Crippen molar-refractivity contribution in [2.24, 2.45) is 0 Å². The minimum atomic E-state index is -0.597. The number of thiazole rings is 1. The van der Waals surface area contributed by atoms with Gasteiger partial charge in [-0.1, -0.05) is 11.3 Å². The summed E-state index contributed by atoms with van der Waals surface area (Å²) >= 11 is 1.17. The number of anilines is 1. The zero-order valence-electron chi connectivity index (χ0n) is 12.0. The van der Waals surface area contributed by atoms with Gasteiger partial charge in [0.25, 0.3) is 0 Å². The van der Waals surface area contributed by atoms with Crippen LogP contribution in [0.5, 0.6) is 0 Å². The molecular weight excluding hydrogens is 280 g/mol. The predicted octanol–water partition coefficient (Wildman–Crippen LogP) is 2.11. The molecule has 2 atom stereocenters. The minimum Gasteiger partial charge on any atom is -0.464 e. The van der Waals surface area contributed by atoms with Gasteiger partial charge in [-0.3, -0.25) is 4.79 Å². The maximum Gasteiger partial charge on any atom is 0.358 e. The van der Waals surface area contributed by atoms with Gasteiger partial charge < -0.3 is 14.8 Å². The highest BCUT2D eigenvalue weighted by Crippen LogP contribution is 2.32. The van der Waals surface area contributed by atoms with E-state index in [1.807, 2.05) is 13.8 Å². The van der Waals surface area contributed by atoms with Crippen molar-refractivity contribution in [2.75, 3.05) is 19.0 Å². The van der Waals surface area contributed by atoms with E-state index in [1.54, 1.807) is 0 Å². The monoisotopic (exact) mass is 298 g/mol. The number of Topliss-reactive ketones (excluding diaryl/α,β-unsaturated/α-hetero) is 1. The molecule has 1 saturated heterocycles. The molecule has 1 aromatic rings. The standard InChI is InChI=1S/C13H18N2O4S/c1-7(16)10-9(11(17)18-4)14-12(20-10)15-13(3)5-6-19-8(13)2/h8H,5-6H2,1-4H3,(H,14,15). The number of ether oxygens (including phenoxy) is 2. The van der Waals surface area contributed by atoms with Crippen molar-refractivity contribution in [3.8, 4) is 0 Å². The van der Waals surface area contributed by atoms with Crippen molar-refractivity contribution in [3.05, 3.63) is 10.6 Å². The van der Waals surface area contributed by atoms with Gasteiger partial charge in [-0.05, 0) is 20.3 Å². The molecule has 0 aromatic carbocycles. The van der Waals surface area contributed by atoms with Gasteiger partial charge in [0, 0.05) is 13.5 Å². The lowest BCUT2D eigenvalue weighted by Gasteiger charge is -2.28. The van der Waals surface area contributed by atoms with Crippen LogP contribution in [0.15, 0.2) is 0 Å². The van der Waals surface area contributed by atoms with Gasteiger partial charge in [-0.2, -0.15) is 0 Å². The second-order valence-corrected chi connectivity index (χ2v) is 6.05.